The minimum atomic E-state index is -0.778. The Balaban J connectivity index is 1.70. The number of nitrogens with zero attached hydrogens (tertiary/aromatic N) is 3. The number of carbonyl (C=O) groups excluding carboxylic acids is 1. The van der Waals surface area contributed by atoms with Crippen molar-refractivity contribution in [3.8, 4) is 11.5 Å². The number of nitrogens with one attached hydrogen (secondary N) is 1. The Bertz CT molecular complexity index is 1670. The number of anilines is 1. The lowest BCUT2D eigenvalue weighted by Crippen LogP contribution is -2.40. The van der Waals surface area contributed by atoms with E-state index in [-0.39, 0.29) is 23.0 Å². The van der Waals surface area contributed by atoms with Gasteiger partial charge in [0.15, 0.2) is 16.3 Å². The fourth-order valence-electron chi connectivity index (χ4n) is 4.23. The first-order valence-electron chi connectivity index (χ1n) is 11.7. The predicted molar refractivity (Wildman–Crippen MR) is 142 cm³/mol. The highest BCUT2D eigenvalue weighted by atomic mass is 32.1. The standard InChI is InChI=1S/C28H24N4O4S/c1-3-36-22-16-19(9-10-21(22)33)25-24(26(34)31-20-7-5-4-6-8-20)17(2)30-28-32(25)27(35)23(37-28)15-18-11-13-29-14-12-18/h4-16,25,33H,3H2,1-2H3,(H,31,34)/b23-15-/t25-/m1/s1. The molecule has 0 radical (unpaired) electrons. The van der Waals surface area contributed by atoms with Gasteiger partial charge in [-0.3, -0.25) is 19.1 Å². The van der Waals surface area contributed by atoms with E-state index >= 15 is 0 Å². The van der Waals surface area contributed by atoms with Gasteiger partial charge in [-0.15, -0.1) is 0 Å². The Morgan fingerprint density at radius 1 is 1.16 bits per heavy atom. The molecule has 4 aromatic rings. The molecule has 2 N–H and O–H groups in total. The Morgan fingerprint density at radius 2 is 1.92 bits per heavy atom. The number of para-hydroxylation sites is 1. The van der Waals surface area contributed by atoms with E-state index in [1.807, 2.05) is 37.3 Å². The lowest BCUT2D eigenvalue weighted by Gasteiger charge is -2.26. The molecule has 0 aliphatic carbocycles. The van der Waals surface area contributed by atoms with Gasteiger partial charge in [-0.1, -0.05) is 35.6 Å². The van der Waals surface area contributed by atoms with Gasteiger partial charge in [0.25, 0.3) is 11.5 Å². The molecule has 9 heteroatoms. The summed E-state index contributed by atoms with van der Waals surface area (Å²) in [5, 5.41) is 13.2. The number of rotatable bonds is 6. The van der Waals surface area contributed by atoms with Crippen LogP contribution in [0, 0.1) is 0 Å². The van der Waals surface area contributed by atoms with Crippen LogP contribution in [0.1, 0.15) is 31.0 Å². The summed E-state index contributed by atoms with van der Waals surface area (Å²) in [5.41, 5.74) is 2.64. The molecular weight excluding hydrogens is 488 g/mol. The number of carbonyl (C=O) groups is 1. The number of benzene rings is 2. The lowest BCUT2D eigenvalue weighted by atomic mass is 9.94. The molecule has 0 unspecified atom stereocenters. The van der Waals surface area contributed by atoms with E-state index in [1.165, 1.54) is 22.0 Å². The number of allylic oxidation sites excluding steroid dienone is 1. The zero-order valence-corrected chi connectivity index (χ0v) is 21.0. The topological polar surface area (TPSA) is 106 Å². The van der Waals surface area contributed by atoms with Gasteiger partial charge in [0.2, 0.25) is 0 Å². The van der Waals surface area contributed by atoms with Gasteiger partial charge in [0.1, 0.15) is 0 Å². The maximum absolute atomic E-state index is 13.7. The number of hydrogen-bond donors (Lipinski definition) is 2. The van der Waals surface area contributed by atoms with Crippen molar-refractivity contribution in [1.29, 1.82) is 0 Å². The van der Waals surface area contributed by atoms with E-state index in [0.29, 0.717) is 38.5 Å². The normalized spacial score (nSPS) is 15.2. The first-order valence-corrected chi connectivity index (χ1v) is 12.5. The summed E-state index contributed by atoms with van der Waals surface area (Å²) in [5.74, 6) is -0.116. The molecule has 0 spiro atoms. The SMILES string of the molecule is CCOc1cc([C@@H]2C(C(=O)Nc3ccccc3)=C(C)N=c3s/c(=C\c4ccncc4)c(=O)n32)ccc1O. The predicted octanol–water partition coefficient (Wildman–Crippen LogP) is 3.37. The molecule has 1 atom stereocenters. The maximum atomic E-state index is 13.7. The molecule has 3 heterocycles. The first-order chi connectivity index (χ1) is 18.0. The zero-order valence-electron chi connectivity index (χ0n) is 20.2. The molecule has 37 heavy (non-hydrogen) atoms. The molecule has 0 bridgehead atoms. The lowest BCUT2D eigenvalue weighted by molar-refractivity contribution is -0.113. The number of fused-ring (bicyclic) bond motifs is 1. The first kappa shape index (κ1) is 24.2. The van der Waals surface area contributed by atoms with Crippen LogP contribution in [0.15, 0.2) is 94.1 Å². The molecular formula is C28H24N4O4S. The molecule has 0 saturated heterocycles. The monoisotopic (exact) mass is 512 g/mol. The summed E-state index contributed by atoms with van der Waals surface area (Å²) >= 11 is 1.26. The van der Waals surface area contributed by atoms with Crippen LogP contribution in [-0.2, 0) is 4.79 Å². The summed E-state index contributed by atoms with van der Waals surface area (Å²) in [7, 11) is 0. The Kier molecular flexibility index (Phi) is 6.70. The average molecular weight is 513 g/mol. The zero-order chi connectivity index (χ0) is 25.9. The summed E-state index contributed by atoms with van der Waals surface area (Å²) in [4.78, 5) is 36.5. The van der Waals surface area contributed by atoms with Gasteiger partial charge in [-0.05, 0) is 67.4 Å². The van der Waals surface area contributed by atoms with E-state index in [0.717, 1.165) is 5.56 Å². The third kappa shape index (κ3) is 4.81. The van der Waals surface area contributed by atoms with E-state index in [4.69, 9.17) is 4.74 Å². The van der Waals surface area contributed by atoms with E-state index in [1.54, 1.807) is 49.7 Å². The molecule has 2 aromatic heterocycles. The average Bonchev–Trinajstić information content (AvgIpc) is 3.20. The summed E-state index contributed by atoms with van der Waals surface area (Å²) in [6.45, 7) is 3.93. The molecule has 5 rings (SSSR count). The van der Waals surface area contributed by atoms with Crippen molar-refractivity contribution in [3.63, 3.8) is 0 Å². The Labute approximate surface area is 216 Å². The molecule has 8 nitrogen and oxygen atoms in total. The van der Waals surface area contributed by atoms with Crippen molar-refractivity contribution < 1.29 is 14.6 Å². The van der Waals surface area contributed by atoms with Gasteiger partial charge in [-0.25, -0.2) is 4.99 Å². The van der Waals surface area contributed by atoms with Crippen LogP contribution in [0.25, 0.3) is 6.08 Å². The number of aromatic nitrogens is 2. The molecule has 186 valence electrons. The van der Waals surface area contributed by atoms with Crippen molar-refractivity contribution >= 4 is 29.0 Å². The highest BCUT2D eigenvalue weighted by Gasteiger charge is 2.33. The smallest absolute Gasteiger partial charge is 0.271 e. The van der Waals surface area contributed by atoms with Gasteiger partial charge < -0.3 is 15.2 Å². The number of amides is 1. The molecule has 1 aliphatic heterocycles. The van der Waals surface area contributed by atoms with Crippen LogP contribution in [-0.4, -0.2) is 27.2 Å². The number of phenols is 1. The minimum Gasteiger partial charge on any atom is -0.504 e. The van der Waals surface area contributed by atoms with Crippen molar-refractivity contribution in [2.75, 3.05) is 11.9 Å². The van der Waals surface area contributed by atoms with E-state index in [9.17, 15) is 14.7 Å². The minimum absolute atomic E-state index is 0.0216. The van der Waals surface area contributed by atoms with Gasteiger partial charge in [0, 0.05) is 18.1 Å². The van der Waals surface area contributed by atoms with Crippen LogP contribution in [0.2, 0.25) is 0 Å². The van der Waals surface area contributed by atoms with Crippen LogP contribution >= 0.6 is 11.3 Å². The maximum Gasteiger partial charge on any atom is 0.271 e. The fraction of sp³-hybridized carbons (Fsp3) is 0.143. The summed E-state index contributed by atoms with van der Waals surface area (Å²) in [6, 6.07) is 16.8. The van der Waals surface area contributed by atoms with Crippen molar-refractivity contribution in [2.24, 2.45) is 4.99 Å². The molecule has 0 saturated carbocycles. The third-order valence-corrected chi connectivity index (χ3v) is 6.88. The molecule has 2 aromatic carbocycles. The largest absolute Gasteiger partial charge is 0.504 e. The van der Waals surface area contributed by atoms with Gasteiger partial charge in [0.05, 0.1) is 28.5 Å². The second-order valence-electron chi connectivity index (χ2n) is 8.34. The number of ether oxygens (including phenoxy) is 1. The van der Waals surface area contributed by atoms with Crippen molar-refractivity contribution in [3.05, 3.63) is 115 Å². The van der Waals surface area contributed by atoms with Gasteiger partial charge >= 0.3 is 0 Å². The van der Waals surface area contributed by atoms with Crippen LogP contribution < -0.4 is 24.9 Å². The Morgan fingerprint density at radius 3 is 2.65 bits per heavy atom. The fourth-order valence-corrected chi connectivity index (χ4v) is 5.28. The summed E-state index contributed by atoms with van der Waals surface area (Å²) in [6.07, 6.45) is 5.11. The second kappa shape index (κ2) is 10.2. The highest BCUT2D eigenvalue weighted by Crippen LogP contribution is 2.35. The van der Waals surface area contributed by atoms with E-state index < -0.39 is 6.04 Å². The summed E-state index contributed by atoms with van der Waals surface area (Å²) < 4.78 is 7.62. The quantitative estimate of drug-likeness (QED) is 0.412. The van der Waals surface area contributed by atoms with Gasteiger partial charge in [-0.2, -0.15) is 0 Å². The van der Waals surface area contributed by atoms with Crippen LogP contribution in [0.4, 0.5) is 5.69 Å². The highest BCUT2D eigenvalue weighted by molar-refractivity contribution is 7.07. The third-order valence-electron chi connectivity index (χ3n) is 5.90. The molecule has 0 fully saturated rings. The van der Waals surface area contributed by atoms with Crippen LogP contribution in [0.5, 0.6) is 11.5 Å². The van der Waals surface area contributed by atoms with Crippen LogP contribution in [0.3, 0.4) is 0 Å². The molecule has 1 aliphatic rings. The van der Waals surface area contributed by atoms with Crippen molar-refractivity contribution in [1.82, 2.24) is 9.55 Å². The van der Waals surface area contributed by atoms with Crippen molar-refractivity contribution in [2.45, 2.75) is 19.9 Å². The second-order valence-corrected chi connectivity index (χ2v) is 9.35. The number of pyridine rings is 1. The number of phenolic OH excluding ortho intramolecular Hbond substituents is 1. The number of hydrogen-bond acceptors (Lipinski definition) is 7. The molecule has 1 amide bonds. The number of thiazole rings is 1. The number of aromatic hydroxyl groups is 1. The van der Waals surface area contributed by atoms with E-state index in [2.05, 4.69) is 15.3 Å². The Hall–Kier alpha value is -4.50.